The highest BCUT2D eigenvalue weighted by molar-refractivity contribution is 9.10. The number of nitrogens with two attached hydrogens (primary N) is 1. The lowest BCUT2D eigenvalue weighted by Gasteiger charge is -2.00. The monoisotopic (exact) mass is 248 g/mol. The van der Waals surface area contributed by atoms with Crippen LogP contribution in [0.1, 0.15) is 6.92 Å². The molecule has 5 heteroatoms. The van der Waals surface area contributed by atoms with Crippen LogP contribution in [0.25, 0.3) is 0 Å². The molecule has 1 aromatic rings. The summed E-state index contributed by atoms with van der Waals surface area (Å²) >= 11 is 2.95. The molecule has 0 saturated carbocycles. The van der Waals surface area contributed by atoms with E-state index >= 15 is 0 Å². The summed E-state index contributed by atoms with van der Waals surface area (Å²) in [6.45, 7) is 1.46. The minimum Gasteiger partial charge on any atom is -0.387 e. The number of hydrogen-bond acceptors (Lipinski definition) is 1. The van der Waals surface area contributed by atoms with Crippen LogP contribution in [0, 0.1) is 11.6 Å². The van der Waals surface area contributed by atoms with Gasteiger partial charge in [-0.2, -0.15) is 0 Å². The minimum absolute atomic E-state index is 0.111. The van der Waals surface area contributed by atoms with Crippen molar-refractivity contribution in [1.29, 1.82) is 0 Å². The van der Waals surface area contributed by atoms with Gasteiger partial charge in [0.05, 0.1) is 5.84 Å². The molecule has 0 radical (unpaired) electrons. The van der Waals surface area contributed by atoms with Crippen molar-refractivity contribution >= 4 is 27.5 Å². The lowest BCUT2D eigenvalue weighted by Crippen LogP contribution is -2.04. The number of halogens is 3. The molecule has 1 rings (SSSR count). The first-order valence-electron chi connectivity index (χ1n) is 3.46. The topological polar surface area (TPSA) is 38.4 Å². The zero-order valence-corrected chi connectivity index (χ0v) is 8.40. The summed E-state index contributed by atoms with van der Waals surface area (Å²) < 4.78 is 26.4. The van der Waals surface area contributed by atoms with Crippen molar-refractivity contribution in [1.82, 2.24) is 0 Å². The van der Waals surface area contributed by atoms with Gasteiger partial charge in [0.1, 0.15) is 5.69 Å². The van der Waals surface area contributed by atoms with Gasteiger partial charge in [0.2, 0.25) is 0 Å². The first kappa shape index (κ1) is 10.1. The highest BCUT2D eigenvalue weighted by atomic mass is 79.9. The molecule has 13 heavy (non-hydrogen) atoms. The third kappa shape index (κ3) is 2.48. The van der Waals surface area contributed by atoms with Gasteiger partial charge in [-0.15, -0.1) is 0 Å². The summed E-state index contributed by atoms with van der Waals surface area (Å²) in [5, 5.41) is 0. The average Bonchev–Trinajstić information content (AvgIpc) is 1.96. The van der Waals surface area contributed by atoms with E-state index in [4.69, 9.17) is 5.73 Å². The van der Waals surface area contributed by atoms with E-state index in [1.807, 2.05) is 0 Å². The van der Waals surface area contributed by atoms with Gasteiger partial charge >= 0.3 is 0 Å². The Hall–Kier alpha value is -0.970. The van der Waals surface area contributed by atoms with E-state index in [1.165, 1.54) is 6.92 Å². The van der Waals surface area contributed by atoms with Crippen molar-refractivity contribution in [3.05, 3.63) is 28.2 Å². The predicted molar refractivity (Wildman–Crippen MR) is 51.0 cm³/mol. The first-order chi connectivity index (χ1) is 6.00. The predicted octanol–water partition coefficient (Wildman–Crippen LogP) is 2.74. The van der Waals surface area contributed by atoms with E-state index in [-0.39, 0.29) is 11.5 Å². The van der Waals surface area contributed by atoms with Crippen molar-refractivity contribution in [3.63, 3.8) is 0 Å². The maximum Gasteiger partial charge on any atom is 0.153 e. The Morgan fingerprint density at radius 3 is 2.23 bits per heavy atom. The van der Waals surface area contributed by atoms with E-state index in [9.17, 15) is 8.78 Å². The van der Waals surface area contributed by atoms with Gasteiger partial charge in [0, 0.05) is 4.47 Å². The van der Waals surface area contributed by atoms with Crippen LogP contribution in [0.2, 0.25) is 0 Å². The Balaban J connectivity index is 3.29. The molecule has 0 atom stereocenters. The molecule has 0 fully saturated rings. The SMILES string of the molecule is CC(N)=Nc1c(F)cc(Br)cc1F. The summed E-state index contributed by atoms with van der Waals surface area (Å²) in [5.74, 6) is -1.37. The van der Waals surface area contributed by atoms with E-state index in [1.54, 1.807) is 0 Å². The van der Waals surface area contributed by atoms with Gasteiger partial charge in [-0.3, -0.25) is 0 Å². The van der Waals surface area contributed by atoms with Gasteiger partial charge in [-0.05, 0) is 19.1 Å². The quantitative estimate of drug-likeness (QED) is 0.603. The number of benzene rings is 1. The molecule has 0 saturated heterocycles. The Labute approximate surface area is 82.6 Å². The van der Waals surface area contributed by atoms with Crippen LogP contribution in [0.3, 0.4) is 0 Å². The highest BCUT2D eigenvalue weighted by Crippen LogP contribution is 2.25. The number of nitrogens with zero attached hydrogens (tertiary/aromatic N) is 1. The fraction of sp³-hybridized carbons (Fsp3) is 0.125. The summed E-state index contributed by atoms with van der Waals surface area (Å²) in [6.07, 6.45) is 0. The van der Waals surface area contributed by atoms with Gasteiger partial charge < -0.3 is 5.73 Å². The number of hydrogen-bond donors (Lipinski definition) is 1. The third-order valence-corrected chi connectivity index (χ3v) is 1.73. The molecule has 0 spiro atoms. The lowest BCUT2D eigenvalue weighted by atomic mass is 10.3. The molecule has 0 amide bonds. The van der Waals surface area contributed by atoms with Gasteiger partial charge in [-0.25, -0.2) is 13.8 Å². The molecular formula is C8H7BrF2N2. The highest BCUT2D eigenvalue weighted by Gasteiger charge is 2.08. The van der Waals surface area contributed by atoms with Crippen LogP contribution in [0.4, 0.5) is 14.5 Å². The Morgan fingerprint density at radius 1 is 1.38 bits per heavy atom. The van der Waals surface area contributed by atoms with E-state index in [2.05, 4.69) is 20.9 Å². The summed E-state index contributed by atoms with van der Waals surface area (Å²) in [4.78, 5) is 3.52. The average molecular weight is 249 g/mol. The second-order valence-corrected chi connectivity index (χ2v) is 3.39. The fourth-order valence-corrected chi connectivity index (χ4v) is 1.22. The number of amidine groups is 1. The molecule has 0 unspecified atom stereocenters. The largest absolute Gasteiger partial charge is 0.387 e. The summed E-state index contributed by atoms with van der Waals surface area (Å²) in [6, 6.07) is 2.26. The van der Waals surface area contributed by atoms with Crippen LogP contribution >= 0.6 is 15.9 Å². The normalized spacial score (nSPS) is 11.8. The number of rotatable bonds is 1. The minimum atomic E-state index is -0.739. The molecule has 70 valence electrons. The van der Waals surface area contributed by atoms with Crippen LogP contribution in [0.5, 0.6) is 0 Å². The maximum atomic E-state index is 13.0. The van der Waals surface area contributed by atoms with E-state index < -0.39 is 11.6 Å². The van der Waals surface area contributed by atoms with Gasteiger partial charge in [-0.1, -0.05) is 15.9 Å². The van der Waals surface area contributed by atoms with Crippen LogP contribution < -0.4 is 5.73 Å². The van der Waals surface area contributed by atoms with E-state index in [0.717, 1.165) is 12.1 Å². The van der Waals surface area contributed by atoms with Crippen LogP contribution in [-0.4, -0.2) is 5.84 Å². The maximum absolute atomic E-state index is 13.0. The molecule has 2 nitrogen and oxygen atoms in total. The van der Waals surface area contributed by atoms with Crippen LogP contribution in [-0.2, 0) is 0 Å². The van der Waals surface area contributed by atoms with E-state index in [0.29, 0.717) is 4.47 Å². The van der Waals surface area contributed by atoms with Crippen LogP contribution in [0.15, 0.2) is 21.6 Å². The second kappa shape index (κ2) is 3.83. The zero-order valence-electron chi connectivity index (χ0n) is 6.81. The van der Waals surface area contributed by atoms with Crippen molar-refractivity contribution in [3.8, 4) is 0 Å². The molecule has 0 aliphatic rings. The summed E-state index contributed by atoms with van der Waals surface area (Å²) in [7, 11) is 0. The zero-order chi connectivity index (χ0) is 10.0. The van der Waals surface area contributed by atoms with Crippen molar-refractivity contribution < 1.29 is 8.78 Å². The standard InChI is InChI=1S/C8H7BrF2N2/c1-4(12)13-8-6(10)2-5(9)3-7(8)11/h2-3H,1H3,(H2,12,13). The molecule has 0 bridgehead atoms. The molecule has 2 N–H and O–H groups in total. The molecule has 0 aromatic heterocycles. The second-order valence-electron chi connectivity index (χ2n) is 2.47. The smallest absolute Gasteiger partial charge is 0.153 e. The molecule has 0 heterocycles. The molecule has 1 aromatic carbocycles. The Morgan fingerprint density at radius 2 is 1.85 bits per heavy atom. The third-order valence-electron chi connectivity index (χ3n) is 1.27. The summed E-state index contributed by atoms with van der Waals surface area (Å²) in [5.41, 5.74) is 4.85. The first-order valence-corrected chi connectivity index (χ1v) is 4.25. The molecule has 0 aliphatic carbocycles. The lowest BCUT2D eigenvalue weighted by molar-refractivity contribution is 0.586. The molecule has 0 aliphatic heterocycles. The van der Waals surface area contributed by atoms with Gasteiger partial charge in [0.25, 0.3) is 0 Å². The van der Waals surface area contributed by atoms with Crippen molar-refractivity contribution in [2.75, 3.05) is 0 Å². The van der Waals surface area contributed by atoms with Crippen molar-refractivity contribution in [2.45, 2.75) is 6.92 Å². The number of aliphatic imine (C=N–C) groups is 1. The van der Waals surface area contributed by atoms with Gasteiger partial charge in [0.15, 0.2) is 11.6 Å². The fourth-order valence-electron chi connectivity index (χ4n) is 0.818. The van der Waals surface area contributed by atoms with Crippen molar-refractivity contribution in [2.24, 2.45) is 10.7 Å². The Kier molecular flexibility index (Phi) is 2.98. The molecular weight excluding hydrogens is 242 g/mol. The Bertz CT molecular complexity index is 336.